The maximum Gasteiger partial charge on any atom is 0.238 e. The molecule has 7 heteroatoms. The van der Waals surface area contributed by atoms with E-state index in [0.717, 1.165) is 11.1 Å². The van der Waals surface area contributed by atoms with Crippen LogP contribution in [-0.2, 0) is 10.0 Å². The minimum atomic E-state index is -3.78. The molecular weight excluding hydrogens is 300 g/mol. The molecule has 0 fully saturated rings. The first kappa shape index (κ1) is 14.4. The molecule has 1 heterocycles. The Kier molecular flexibility index (Phi) is 3.51. The first-order valence-corrected chi connectivity index (χ1v) is 8.11. The molecule has 3 rings (SSSR count). The van der Waals surface area contributed by atoms with Crippen molar-refractivity contribution in [3.63, 3.8) is 0 Å². The van der Waals surface area contributed by atoms with E-state index in [1.165, 1.54) is 6.07 Å². The van der Waals surface area contributed by atoms with Gasteiger partial charge in [0.2, 0.25) is 16.0 Å². The standard InChI is InChI=1S/C15H14N4O2S/c1-10-8-9-17-15(18-10)19-13-6-7-14(22(16,20)21)12-5-3-2-4-11(12)13/h2-9H,1H3,(H2,16,20,21)(H,17,18,19). The minimum absolute atomic E-state index is 0.0961. The van der Waals surface area contributed by atoms with Gasteiger partial charge in [-0.25, -0.2) is 23.5 Å². The molecule has 0 bridgehead atoms. The molecule has 0 spiro atoms. The number of rotatable bonds is 3. The number of nitrogens with two attached hydrogens (primary N) is 1. The number of hydrogen-bond donors (Lipinski definition) is 2. The number of sulfonamides is 1. The van der Waals surface area contributed by atoms with Gasteiger partial charge in [0.1, 0.15) is 0 Å². The lowest BCUT2D eigenvalue weighted by atomic mass is 10.1. The Labute approximate surface area is 128 Å². The summed E-state index contributed by atoms with van der Waals surface area (Å²) >= 11 is 0. The number of hydrogen-bond acceptors (Lipinski definition) is 5. The third-order valence-electron chi connectivity index (χ3n) is 3.23. The molecule has 0 radical (unpaired) electrons. The Hall–Kier alpha value is -2.51. The number of fused-ring (bicyclic) bond motifs is 1. The number of nitrogens with zero attached hydrogens (tertiary/aromatic N) is 2. The van der Waals surface area contributed by atoms with Crippen molar-refractivity contribution in [2.45, 2.75) is 11.8 Å². The third kappa shape index (κ3) is 2.76. The van der Waals surface area contributed by atoms with E-state index in [0.29, 0.717) is 17.0 Å². The Morgan fingerprint density at radius 3 is 2.45 bits per heavy atom. The molecule has 0 unspecified atom stereocenters. The zero-order chi connectivity index (χ0) is 15.7. The highest BCUT2D eigenvalue weighted by Crippen LogP contribution is 2.30. The fourth-order valence-electron chi connectivity index (χ4n) is 2.26. The fraction of sp³-hybridized carbons (Fsp3) is 0.0667. The number of anilines is 2. The molecule has 3 aromatic rings. The van der Waals surface area contributed by atoms with Crippen molar-refractivity contribution < 1.29 is 8.42 Å². The molecule has 6 nitrogen and oxygen atoms in total. The van der Waals surface area contributed by atoms with Crippen molar-refractivity contribution in [2.24, 2.45) is 5.14 Å². The van der Waals surface area contributed by atoms with E-state index in [9.17, 15) is 8.42 Å². The van der Waals surface area contributed by atoms with Crippen molar-refractivity contribution in [1.82, 2.24) is 9.97 Å². The first-order valence-electron chi connectivity index (χ1n) is 6.56. The van der Waals surface area contributed by atoms with Crippen LogP contribution >= 0.6 is 0 Å². The second-order valence-electron chi connectivity index (χ2n) is 4.85. The summed E-state index contributed by atoms with van der Waals surface area (Å²) in [5.41, 5.74) is 1.55. The van der Waals surface area contributed by atoms with Crippen LogP contribution in [0.3, 0.4) is 0 Å². The number of benzene rings is 2. The summed E-state index contributed by atoms with van der Waals surface area (Å²) in [6.45, 7) is 1.87. The maximum atomic E-state index is 11.7. The highest BCUT2D eigenvalue weighted by Gasteiger charge is 2.14. The molecule has 0 aliphatic heterocycles. The minimum Gasteiger partial charge on any atom is -0.324 e. The Bertz CT molecular complexity index is 955. The highest BCUT2D eigenvalue weighted by atomic mass is 32.2. The van der Waals surface area contributed by atoms with Crippen LogP contribution in [0.15, 0.2) is 53.6 Å². The van der Waals surface area contributed by atoms with Crippen molar-refractivity contribution in [1.29, 1.82) is 0 Å². The van der Waals surface area contributed by atoms with Crippen molar-refractivity contribution >= 4 is 32.4 Å². The Morgan fingerprint density at radius 1 is 1.05 bits per heavy atom. The largest absolute Gasteiger partial charge is 0.324 e. The summed E-state index contributed by atoms with van der Waals surface area (Å²) in [6, 6.07) is 12.1. The number of aromatic nitrogens is 2. The van der Waals surface area contributed by atoms with Gasteiger partial charge >= 0.3 is 0 Å². The van der Waals surface area contributed by atoms with E-state index in [-0.39, 0.29) is 4.90 Å². The van der Waals surface area contributed by atoms with Crippen LogP contribution in [0.25, 0.3) is 10.8 Å². The summed E-state index contributed by atoms with van der Waals surface area (Å²) in [7, 11) is -3.78. The Balaban J connectivity index is 2.16. The van der Waals surface area contributed by atoms with Gasteiger partial charge in [0.25, 0.3) is 0 Å². The van der Waals surface area contributed by atoms with E-state index in [2.05, 4.69) is 15.3 Å². The molecule has 0 saturated heterocycles. The van der Waals surface area contributed by atoms with Gasteiger partial charge < -0.3 is 5.32 Å². The normalized spacial score (nSPS) is 11.5. The molecule has 22 heavy (non-hydrogen) atoms. The van der Waals surface area contributed by atoms with Gasteiger partial charge in [-0.2, -0.15) is 0 Å². The van der Waals surface area contributed by atoms with E-state index in [1.54, 1.807) is 30.5 Å². The van der Waals surface area contributed by atoms with E-state index < -0.39 is 10.0 Å². The number of aryl methyl sites for hydroxylation is 1. The summed E-state index contributed by atoms with van der Waals surface area (Å²) < 4.78 is 23.4. The van der Waals surface area contributed by atoms with Gasteiger partial charge in [0.05, 0.1) is 4.90 Å². The molecule has 2 aromatic carbocycles. The SMILES string of the molecule is Cc1ccnc(Nc2ccc(S(N)(=O)=O)c3ccccc23)n1. The number of nitrogens with one attached hydrogen (secondary N) is 1. The molecule has 0 aliphatic carbocycles. The smallest absolute Gasteiger partial charge is 0.238 e. The lowest BCUT2D eigenvalue weighted by molar-refractivity contribution is 0.598. The van der Waals surface area contributed by atoms with Gasteiger partial charge in [-0.15, -0.1) is 0 Å². The van der Waals surface area contributed by atoms with Crippen molar-refractivity contribution in [3.8, 4) is 0 Å². The average molecular weight is 314 g/mol. The van der Waals surface area contributed by atoms with E-state index in [1.807, 2.05) is 19.1 Å². The topological polar surface area (TPSA) is 98.0 Å². The summed E-state index contributed by atoms with van der Waals surface area (Å²) in [5.74, 6) is 0.452. The monoisotopic (exact) mass is 314 g/mol. The molecule has 1 aromatic heterocycles. The van der Waals surface area contributed by atoms with E-state index in [4.69, 9.17) is 5.14 Å². The fourth-order valence-corrected chi connectivity index (χ4v) is 3.00. The predicted octanol–water partition coefficient (Wildman–Crippen LogP) is 2.33. The van der Waals surface area contributed by atoms with Crippen LogP contribution < -0.4 is 10.5 Å². The second kappa shape index (κ2) is 5.36. The zero-order valence-corrected chi connectivity index (χ0v) is 12.6. The molecule has 3 N–H and O–H groups in total. The molecule has 0 aliphatic rings. The summed E-state index contributed by atoms with van der Waals surface area (Å²) in [5, 5.41) is 9.67. The molecule has 0 atom stereocenters. The van der Waals surface area contributed by atoms with Gasteiger partial charge in [0, 0.05) is 28.4 Å². The van der Waals surface area contributed by atoms with Crippen LogP contribution in [0, 0.1) is 6.92 Å². The van der Waals surface area contributed by atoms with Gasteiger partial charge in [-0.3, -0.25) is 0 Å². The first-order chi connectivity index (χ1) is 10.4. The van der Waals surface area contributed by atoms with Gasteiger partial charge in [0.15, 0.2) is 0 Å². The average Bonchev–Trinajstić information content (AvgIpc) is 2.46. The lowest BCUT2D eigenvalue weighted by Crippen LogP contribution is -2.12. The summed E-state index contributed by atoms with van der Waals surface area (Å²) in [6.07, 6.45) is 1.66. The molecule has 0 saturated carbocycles. The second-order valence-corrected chi connectivity index (χ2v) is 6.38. The zero-order valence-electron chi connectivity index (χ0n) is 11.8. The van der Waals surface area contributed by atoms with Gasteiger partial charge in [-0.05, 0) is 25.1 Å². The molecule has 0 amide bonds. The predicted molar refractivity (Wildman–Crippen MR) is 85.4 cm³/mol. The van der Waals surface area contributed by atoms with Crippen LogP contribution in [0.4, 0.5) is 11.6 Å². The van der Waals surface area contributed by atoms with Crippen LogP contribution in [0.2, 0.25) is 0 Å². The quantitative estimate of drug-likeness (QED) is 0.773. The molecular formula is C15H14N4O2S. The van der Waals surface area contributed by atoms with Crippen LogP contribution in [0.1, 0.15) is 5.69 Å². The van der Waals surface area contributed by atoms with Crippen LogP contribution in [-0.4, -0.2) is 18.4 Å². The molecule has 112 valence electrons. The van der Waals surface area contributed by atoms with Crippen molar-refractivity contribution in [3.05, 3.63) is 54.4 Å². The maximum absolute atomic E-state index is 11.7. The third-order valence-corrected chi connectivity index (χ3v) is 4.20. The van der Waals surface area contributed by atoms with Gasteiger partial charge in [-0.1, -0.05) is 24.3 Å². The number of primary sulfonamides is 1. The highest BCUT2D eigenvalue weighted by molar-refractivity contribution is 7.89. The van der Waals surface area contributed by atoms with Crippen molar-refractivity contribution in [2.75, 3.05) is 5.32 Å². The van der Waals surface area contributed by atoms with E-state index >= 15 is 0 Å². The lowest BCUT2D eigenvalue weighted by Gasteiger charge is -2.11. The Morgan fingerprint density at radius 2 is 1.77 bits per heavy atom. The summed E-state index contributed by atoms with van der Waals surface area (Å²) in [4.78, 5) is 8.53. The van der Waals surface area contributed by atoms with Crippen LogP contribution in [0.5, 0.6) is 0 Å².